The number of fused-ring (bicyclic) bond motifs is 1. The Bertz CT molecular complexity index is 440. The zero-order valence-corrected chi connectivity index (χ0v) is 7.32. The number of nitrogens with two attached hydrogens (primary N) is 1. The molecule has 1 heterocycles. The first-order valence-electron chi connectivity index (χ1n) is 4.00. The van der Waals surface area contributed by atoms with Crippen molar-refractivity contribution in [1.29, 1.82) is 0 Å². The standard InChI is InChI=1S/C10H10N2O/c1-13-10-6-8(11)7-4-2-3-5-9(7)12-10/h2-6H,1H3,(H2,11,12). The van der Waals surface area contributed by atoms with Gasteiger partial charge in [0.25, 0.3) is 0 Å². The topological polar surface area (TPSA) is 48.1 Å². The van der Waals surface area contributed by atoms with E-state index >= 15 is 0 Å². The molecule has 0 aliphatic carbocycles. The number of anilines is 1. The third-order valence-electron chi connectivity index (χ3n) is 1.93. The molecule has 1 aromatic carbocycles. The fraction of sp³-hybridized carbons (Fsp3) is 0.100. The third-order valence-corrected chi connectivity index (χ3v) is 1.93. The van der Waals surface area contributed by atoms with Crippen LogP contribution in [-0.2, 0) is 0 Å². The normalized spacial score (nSPS) is 10.2. The van der Waals surface area contributed by atoms with Crippen LogP contribution in [0.4, 0.5) is 5.69 Å². The summed E-state index contributed by atoms with van der Waals surface area (Å²) in [5.41, 5.74) is 7.37. The quantitative estimate of drug-likeness (QED) is 0.717. The van der Waals surface area contributed by atoms with E-state index in [0.29, 0.717) is 11.6 Å². The zero-order valence-electron chi connectivity index (χ0n) is 7.32. The zero-order chi connectivity index (χ0) is 9.26. The summed E-state index contributed by atoms with van der Waals surface area (Å²) in [5, 5.41) is 0.961. The summed E-state index contributed by atoms with van der Waals surface area (Å²) in [4.78, 5) is 4.25. The first kappa shape index (κ1) is 7.86. The van der Waals surface area contributed by atoms with E-state index in [0.717, 1.165) is 10.9 Å². The maximum absolute atomic E-state index is 5.81. The van der Waals surface area contributed by atoms with Crippen molar-refractivity contribution < 1.29 is 4.74 Å². The highest BCUT2D eigenvalue weighted by Gasteiger charge is 2.01. The molecule has 0 unspecified atom stereocenters. The second-order valence-corrected chi connectivity index (χ2v) is 2.77. The minimum atomic E-state index is 0.552. The highest BCUT2D eigenvalue weighted by molar-refractivity contribution is 5.90. The monoisotopic (exact) mass is 174 g/mol. The molecule has 13 heavy (non-hydrogen) atoms. The number of hydrogen-bond acceptors (Lipinski definition) is 3. The number of benzene rings is 1. The van der Waals surface area contributed by atoms with Crippen LogP contribution in [0.5, 0.6) is 5.88 Å². The SMILES string of the molecule is COc1cc(N)c2ccccc2n1. The molecule has 0 saturated heterocycles. The van der Waals surface area contributed by atoms with Crippen molar-refractivity contribution in [2.75, 3.05) is 12.8 Å². The number of nitrogens with zero attached hydrogens (tertiary/aromatic N) is 1. The van der Waals surface area contributed by atoms with Gasteiger partial charge in [-0.05, 0) is 6.07 Å². The van der Waals surface area contributed by atoms with E-state index in [-0.39, 0.29) is 0 Å². The predicted molar refractivity (Wildman–Crippen MR) is 52.7 cm³/mol. The van der Waals surface area contributed by atoms with Gasteiger partial charge in [-0.3, -0.25) is 0 Å². The summed E-state index contributed by atoms with van der Waals surface area (Å²) in [7, 11) is 1.58. The van der Waals surface area contributed by atoms with Crippen LogP contribution in [0, 0.1) is 0 Å². The van der Waals surface area contributed by atoms with Gasteiger partial charge in [-0.15, -0.1) is 0 Å². The van der Waals surface area contributed by atoms with Crippen LogP contribution in [0.1, 0.15) is 0 Å². The number of nitrogen functional groups attached to an aromatic ring is 1. The Morgan fingerprint density at radius 3 is 2.85 bits per heavy atom. The molecule has 0 bridgehead atoms. The maximum atomic E-state index is 5.81. The van der Waals surface area contributed by atoms with Gasteiger partial charge in [-0.1, -0.05) is 18.2 Å². The third kappa shape index (κ3) is 1.28. The number of rotatable bonds is 1. The molecule has 0 saturated carbocycles. The van der Waals surface area contributed by atoms with Crippen molar-refractivity contribution in [3.05, 3.63) is 30.3 Å². The lowest BCUT2D eigenvalue weighted by molar-refractivity contribution is 0.400. The van der Waals surface area contributed by atoms with Gasteiger partial charge in [-0.25, -0.2) is 4.98 Å². The van der Waals surface area contributed by atoms with E-state index in [1.54, 1.807) is 13.2 Å². The molecule has 2 rings (SSSR count). The van der Waals surface area contributed by atoms with Crippen LogP contribution in [0.3, 0.4) is 0 Å². The van der Waals surface area contributed by atoms with Crippen molar-refractivity contribution in [3.63, 3.8) is 0 Å². The summed E-state index contributed by atoms with van der Waals surface area (Å²) in [5.74, 6) is 0.552. The van der Waals surface area contributed by atoms with Crippen molar-refractivity contribution in [3.8, 4) is 5.88 Å². The lowest BCUT2D eigenvalue weighted by Gasteiger charge is -2.03. The molecule has 1 aromatic heterocycles. The number of methoxy groups -OCH3 is 1. The fourth-order valence-corrected chi connectivity index (χ4v) is 1.28. The van der Waals surface area contributed by atoms with E-state index < -0.39 is 0 Å². The number of hydrogen-bond donors (Lipinski definition) is 1. The van der Waals surface area contributed by atoms with Gasteiger partial charge < -0.3 is 10.5 Å². The Morgan fingerprint density at radius 1 is 1.31 bits per heavy atom. The van der Waals surface area contributed by atoms with Crippen LogP contribution >= 0.6 is 0 Å². The average Bonchev–Trinajstić information content (AvgIpc) is 2.18. The Morgan fingerprint density at radius 2 is 2.08 bits per heavy atom. The summed E-state index contributed by atoms with van der Waals surface area (Å²) in [6, 6.07) is 9.44. The fourth-order valence-electron chi connectivity index (χ4n) is 1.28. The summed E-state index contributed by atoms with van der Waals surface area (Å²) in [6.45, 7) is 0. The Labute approximate surface area is 76.2 Å². The number of aromatic nitrogens is 1. The molecular weight excluding hydrogens is 164 g/mol. The van der Waals surface area contributed by atoms with E-state index in [1.165, 1.54) is 0 Å². The van der Waals surface area contributed by atoms with Crippen LogP contribution < -0.4 is 10.5 Å². The van der Waals surface area contributed by atoms with Gasteiger partial charge in [0, 0.05) is 17.1 Å². The first-order valence-corrected chi connectivity index (χ1v) is 4.00. The van der Waals surface area contributed by atoms with Gasteiger partial charge in [-0.2, -0.15) is 0 Å². The highest BCUT2D eigenvalue weighted by atomic mass is 16.5. The molecule has 0 spiro atoms. The van der Waals surface area contributed by atoms with Crippen molar-refractivity contribution >= 4 is 16.6 Å². The lowest BCUT2D eigenvalue weighted by atomic mass is 10.2. The number of para-hydroxylation sites is 1. The van der Waals surface area contributed by atoms with Crippen LogP contribution in [0.2, 0.25) is 0 Å². The van der Waals surface area contributed by atoms with E-state index in [1.807, 2.05) is 24.3 Å². The van der Waals surface area contributed by atoms with Gasteiger partial charge in [0.1, 0.15) is 0 Å². The second-order valence-electron chi connectivity index (χ2n) is 2.77. The van der Waals surface area contributed by atoms with Gasteiger partial charge in [0.15, 0.2) is 0 Å². The van der Waals surface area contributed by atoms with Crippen molar-refractivity contribution in [1.82, 2.24) is 4.98 Å². The average molecular weight is 174 g/mol. The molecule has 66 valence electrons. The Balaban J connectivity index is 2.77. The summed E-state index contributed by atoms with van der Waals surface area (Å²) < 4.78 is 5.01. The molecule has 2 N–H and O–H groups in total. The highest BCUT2D eigenvalue weighted by Crippen LogP contribution is 2.22. The molecule has 0 aliphatic heterocycles. The lowest BCUT2D eigenvalue weighted by Crippen LogP contribution is -1.93. The van der Waals surface area contributed by atoms with E-state index in [2.05, 4.69) is 4.98 Å². The van der Waals surface area contributed by atoms with Gasteiger partial charge in [0.2, 0.25) is 5.88 Å². The Kier molecular flexibility index (Phi) is 1.77. The van der Waals surface area contributed by atoms with Crippen LogP contribution in [-0.4, -0.2) is 12.1 Å². The predicted octanol–water partition coefficient (Wildman–Crippen LogP) is 1.83. The number of ether oxygens (including phenoxy) is 1. The largest absolute Gasteiger partial charge is 0.481 e. The Hall–Kier alpha value is -1.77. The molecule has 2 aromatic rings. The minimum absolute atomic E-state index is 0.552. The molecule has 3 heteroatoms. The number of pyridine rings is 1. The molecule has 0 aliphatic rings. The van der Waals surface area contributed by atoms with Crippen LogP contribution in [0.15, 0.2) is 30.3 Å². The van der Waals surface area contributed by atoms with Crippen LogP contribution in [0.25, 0.3) is 10.9 Å². The maximum Gasteiger partial charge on any atom is 0.215 e. The summed E-state index contributed by atoms with van der Waals surface area (Å²) in [6.07, 6.45) is 0. The molecule has 0 radical (unpaired) electrons. The van der Waals surface area contributed by atoms with Crippen molar-refractivity contribution in [2.45, 2.75) is 0 Å². The first-order chi connectivity index (χ1) is 6.31. The molecule has 0 atom stereocenters. The summed E-state index contributed by atoms with van der Waals surface area (Å²) >= 11 is 0. The molecule has 3 nitrogen and oxygen atoms in total. The minimum Gasteiger partial charge on any atom is -0.481 e. The van der Waals surface area contributed by atoms with Gasteiger partial charge >= 0.3 is 0 Å². The second kappa shape index (κ2) is 2.94. The smallest absolute Gasteiger partial charge is 0.215 e. The van der Waals surface area contributed by atoms with Crippen molar-refractivity contribution in [2.24, 2.45) is 0 Å². The van der Waals surface area contributed by atoms with E-state index in [9.17, 15) is 0 Å². The molecule has 0 amide bonds. The van der Waals surface area contributed by atoms with E-state index in [4.69, 9.17) is 10.5 Å². The molecular formula is C10H10N2O. The van der Waals surface area contributed by atoms with Gasteiger partial charge in [0.05, 0.1) is 12.6 Å². The molecule has 0 fully saturated rings.